The topological polar surface area (TPSA) is 69.9 Å². The van der Waals surface area contributed by atoms with Gasteiger partial charge in [0.05, 0.1) is 22.1 Å². The molecule has 81 heavy (non-hydrogen) atoms. The molecule has 0 N–H and O–H groups in total. The van der Waals surface area contributed by atoms with E-state index in [9.17, 15) is 0 Å². The van der Waals surface area contributed by atoms with Crippen molar-refractivity contribution in [3.8, 4) is 61.8 Å². The molecule has 0 bridgehead atoms. The van der Waals surface area contributed by atoms with Gasteiger partial charge in [-0.1, -0.05) is 220 Å². The van der Waals surface area contributed by atoms with Crippen molar-refractivity contribution in [2.75, 3.05) is 0 Å². The number of para-hydroxylation sites is 2. The molecule has 382 valence electrons. The Bertz CT molecular complexity index is 4840. The largest absolute Gasteiger partial charge is 0.452 e. The van der Waals surface area contributed by atoms with Crippen LogP contribution in [0.3, 0.4) is 0 Å². The molecule has 0 saturated heterocycles. The van der Waals surface area contributed by atoms with E-state index in [0.29, 0.717) is 17.5 Å². The second-order valence-electron chi connectivity index (χ2n) is 20.0. The minimum atomic E-state index is 0.476. The van der Waals surface area contributed by atoms with Crippen LogP contribution in [0, 0.1) is 0 Å². The van der Waals surface area contributed by atoms with Crippen molar-refractivity contribution in [1.82, 2.24) is 19.5 Å². The van der Waals surface area contributed by atoms with Crippen LogP contribution in [-0.2, 0) is 0 Å². The van der Waals surface area contributed by atoms with Gasteiger partial charge in [-0.05, 0) is 106 Å². The molecule has 14 aromatic rings. The molecule has 0 amide bonds. The van der Waals surface area contributed by atoms with Gasteiger partial charge >= 0.3 is 0 Å². The monoisotopic (exact) mass is 1040 g/mol. The molecule has 0 saturated carbocycles. The lowest BCUT2D eigenvalue weighted by Crippen LogP contribution is -2.05. The number of aromatic nitrogens is 4. The van der Waals surface area contributed by atoms with Gasteiger partial charge in [0.2, 0.25) is 0 Å². The summed E-state index contributed by atoms with van der Waals surface area (Å²) in [5.41, 5.74) is 17.5. The smallest absolute Gasteiger partial charge is 0.178 e. The predicted octanol–water partition coefficient (Wildman–Crippen LogP) is 20.1. The molecular weight excluding hydrogens is 989 g/mol. The zero-order valence-corrected chi connectivity index (χ0v) is 44.1. The third-order valence-corrected chi connectivity index (χ3v) is 15.2. The molecule has 0 aliphatic carbocycles. The molecule has 0 fully saturated rings. The van der Waals surface area contributed by atoms with Crippen LogP contribution in [0.4, 0.5) is 0 Å². The first-order valence-corrected chi connectivity index (χ1v) is 27.0. The Morgan fingerprint density at radius 1 is 0.407 bits per heavy atom. The van der Waals surface area contributed by atoms with Crippen molar-refractivity contribution < 1.29 is 8.83 Å². The summed E-state index contributed by atoms with van der Waals surface area (Å²) in [5.74, 6) is 1.47. The normalized spacial score (nSPS) is 12.2. The van der Waals surface area contributed by atoms with Crippen LogP contribution >= 0.6 is 0 Å². The summed E-state index contributed by atoms with van der Waals surface area (Å²) in [6, 6.07) is 78.2. The van der Waals surface area contributed by atoms with Gasteiger partial charge < -0.3 is 13.4 Å². The highest BCUT2D eigenvalue weighted by atomic mass is 16.4. The minimum absolute atomic E-state index is 0.476. The predicted molar refractivity (Wildman–Crippen MR) is 338 cm³/mol. The molecular formula is C75H50N4O2. The first kappa shape index (κ1) is 48.4. The molecule has 14 rings (SSSR count). The summed E-state index contributed by atoms with van der Waals surface area (Å²) in [4.78, 5) is 16.2. The van der Waals surface area contributed by atoms with E-state index in [4.69, 9.17) is 23.8 Å². The molecule has 6 nitrogen and oxygen atoms in total. The Kier molecular flexibility index (Phi) is 12.2. The Morgan fingerprint density at radius 2 is 0.951 bits per heavy atom. The number of rotatable bonds is 13. The quantitative estimate of drug-likeness (QED) is 0.108. The van der Waals surface area contributed by atoms with Gasteiger partial charge in [0.15, 0.2) is 28.6 Å². The molecule has 0 atom stereocenters. The van der Waals surface area contributed by atoms with Crippen LogP contribution in [0.5, 0.6) is 0 Å². The number of furan rings is 2. The number of hydrogen-bond acceptors (Lipinski definition) is 5. The zero-order valence-electron chi connectivity index (χ0n) is 44.1. The number of allylic oxidation sites excluding steroid dienone is 8. The van der Waals surface area contributed by atoms with Gasteiger partial charge in [0, 0.05) is 54.8 Å². The highest BCUT2D eigenvalue weighted by Gasteiger charge is 2.26. The van der Waals surface area contributed by atoms with Crippen LogP contribution in [0.25, 0.3) is 145 Å². The molecule has 4 heterocycles. The fourth-order valence-electron chi connectivity index (χ4n) is 11.4. The molecule has 0 aliphatic heterocycles. The summed E-state index contributed by atoms with van der Waals surface area (Å²) in [7, 11) is 0. The fraction of sp³-hybridized carbons (Fsp3) is 0. The van der Waals surface area contributed by atoms with Gasteiger partial charge in [-0.25, -0.2) is 15.0 Å². The molecule has 6 heteroatoms. The SMILES string of the molecule is C=C/C=C(\C=C)c1cc(-c2ccccc2)cc(-c2nc(/C(C=C)=C/C=C/c3ccccc3)nc(-c3cc(-c4ccccc4)c(-n4c5ccccc5c5c6oc7c(ccc8c9ccccc9oc87)c6ccc54)c(-c4ccccc4)c3)n2)c1. The van der Waals surface area contributed by atoms with Gasteiger partial charge in [-0.15, -0.1) is 0 Å². The second kappa shape index (κ2) is 20.4. The van der Waals surface area contributed by atoms with Crippen LogP contribution in [0.15, 0.2) is 289 Å². The number of benzene rings is 10. The van der Waals surface area contributed by atoms with E-state index in [0.717, 1.165) is 138 Å². The van der Waals surface area contributed by atoms with E-state index in [-0.39, 0.29) is 0 Å². The highest BCUT2D eigenvalue weighted by molar-refractivity contribution is 6.27. The van der Waals surface area contributed by atoms with E-state index in [1.54, 1.807) is 12.2 Å². The van der Waals surface area contributed by atoms with Crippen molar-refractivity contribution in [3.05, 3.63) is 298 Å². The first-order valence-electron chi connectivity index (χ1n) is 27.0. The third kappa shape index (κ3) is 8.59. The molecule has 0 spiro atoms. The Morgan fingerprint density at radius 3 is 1.62 bits per heavy atom. The van der Waals surface area contributed by atoms with E-state index in [1.165, 1.54) is 0 Å². The van der Waals surface area contributed by atoms with Crippen molar-refractivity contribution in [2.24, 2.45) is 0 Å². The lowest BCUT2D eigenvalue weighted by molar-refractivity contribution is 0.635. The van der Waals surface area contributed by atoms with Gasteiger partial charge in [0.25, 0.3) is 0 Å². The molecule has 0 unspecified atom stereocenters. The minimum Gasteiger partial charge on any atom is -0.452 e. The van der Waals surface area contributed by atoms with E-state index in [1.807, 2.05) is 66.8 Å². The zero-order chi connectivity index (χ0) is 54.4. The highest BCUT2D eigenvalue weighted by Crippen LogP contribution is 2.47. The van der Waals surface area contributed by atoms with E-state index >= 15 is 0 Å². The average molecular weight is 1040 g/mol. The standard InChI is InChI=1S/C75H50N4O2/c1-4-24-49(5-2)54-43-55(51-28-13-8-14-29-51)45-56(44-54)74-76-73(50(6-3)34-23-27-48-25-11-7-12-26-48)77-75(78-74)57-46-63(52-30-15-9-16-31-52)69(64(47-57)53-32-17-10-18-33-53)79-65-37-21-19-36-62(65)68-66(79)42-41-60-61-40-39-59-58-35-20-22-38-67(58)80-71(59)72(61)81-70(60)68/h4-47H,1-3H2/b27-23+,49-24+,50-34+. The first-order chi connectivity index (χ1) is 40.0. The Hall–Kier alpha value is -11.0. The lowest BCUT2D eigenvalue weighted by Gasteiger charge is -2.21. The summed E-state index contributed by atoms with van der Waals surface area (Å²) in [6.07, 6.45) is 13.5. The summed E-state index contributed by atoms with van der Waals surface area (Å²) >= 11 is 0. The van der Waals surface area contributed by atoms with Crippen LogP contribution in [0.2, 0.25) is 0 Å². The number of fused-ring (bicyclic) bond motifs is 11. The van der Waals surface area contributed by atoms with Crippen molar-refractivity contribution in [1.29, 1.82) is 0 Å². The maximum Gasteiger partial charge on any atom is 0.178 e. The average Bonchev–Trinajstić information content (AvgIpc) is 4.23. The Balaban J connectivity index is 1.05. The summed E-state index contributed by atoms with van der Waals surface area (Å²) in [5, 5.41) is 6.19. The van der Waals surface area contributed by atoms with Gasteiger partial charge in [-0.3, -0.25) is 0 Å². The van der Waals surface area contributed by atoms with Crippen molar-refractivity contribution >= 4 is 82.9 Å². The summed E-state index contributed by atoms with van der Waals surface area (Å²) < 4.78 is 16.1. The molecule has 10 aromatic carbocycles. The van der Waals surface area contributed by atoms with Crippen molar-refractivity contribution in [2.45, 2.75) is 0 Å². The van der Waals surface area contributed by atoms with Gasteiger partial charge in [-0.2, -0.15) is 0 Å². The van der Waals surface area contributed by atoms with E-state index < -0.39 is 0 Å². The maximum absolute atomic E-state index is 7.12. The van der Waals surface area contributed by atoms with Crippen molar-refractivity contribution in [3.63, 3.8) is 0 Å². The number of hydrogen-bond donors (Lipinski definition) is 0. The lowest BCUT2D eigenvalue weighted by atomic mass is 9.92. The molecule has 0 radical (unpaired) electrons. The fourth-order valence-corrected chi connectivity index (χ4v) is 11.4. The van der Waals surface area contributed by atoms with E-state index in [2.05, 4.69) is 212 Å². The van der Waals surface area contributed by atoms with Crippen LogP contribution in [0.1, 0.15) is 17.0 Å². The summed E-state index contributed by atoms with van der Waals surface area (Å²) in [6.45, 7) is 12.5. The van der Waals surface area contributed by atoms with Gasteiger partial charge in [0.1, 0.15) is 11.2 Å². The molecule has 0 aliphatic rings. The second-order valence-corrected chi connectivity index (χ2v) is 20.0. The third-order valence-electron chi connectivity index (χ3n) is 15.2. The molecule has 4 aromatic heterocycles. The van der Waals surface area contributed by atoms with Crippen LogP contribution < -0.4 is 0 Å². The number of nitrogens with zero attached hydrogens (tertiary/aromatic N) is 4. The van der Waals surface area contributed by atoms with Crippen LogP contribution in [-0.4, -0.2) is 19.5 Å². The Labute approximate surface area is 468 Å². The maximum atomic E-state index is 7.12.